The fourth-order valence-electron chi connectivity index (χ4n) is 1.90. The van der Waals surface area contributed by atoms with Gasteiger partial charge >= 0.3 is 0 Å². The highest BCUT2D eigenvalue weighted by Crippen LogP contribution is 2.18. The number of hydrogen-bond acceptors (Lipinski definition) is 3. The third kappa shape index (κ3) is 4.84. The van der Waals surface area contributed by atoms with Gasteiger partial charge in [-0.05, 0) is 30.7 Å². The Morgan fingerprint density at radius 2 is 1.81 bits per heavy atom. The van der Waals surface area contributed by atoms with E-state index >= 15 is 0 Å². The van der Waals surface area contributed by atoms with Crippen LogP contribution in [-0.4, -0.2) is 19.1 Å². The highest BCUT2D eigenvalue weighted by molar-refractivity contribution is 5.88. The molecule has 4 heteroatoms. The first kappa shape index (κ1) is 14.9. The van der Waals surface area contributed by atoms with Crippen LogP contribution in [0.2, 0.25) is 0 Å². The summed E-state index contributed by atoms with van der Waals surface area (Å²) in [6.07, 6.45) is 0. The first-order chi connectivity index (χ1) is 10.1. The number of carbonyl (C=O) groups is 1. The lowest BCUT2D eigenvalue weighted by molar-refractivity contribution is -0.114. The summed E-state index contributed by atoms with van der Waals surface area (Å²) in [5, 5.41) is 2.72. The number of aryl methyl sites for hydroxylation is 1. The Kier molecular flexibility index (Phi) is 5.21. The van der Waals surface area contributed by atoms with Crippen molar-refractivity contribution in [3.8, 4) is 11.5 Å². The van der Waals surface area contributed by atoms with Gasteiger partial charge in [0.05, 0.1) is 0 Å². The van der Waals surface area contributed by atoms with E-state index in [2.05, 4.69) is 5.32 Å². The molecule has 1 N–H and O–H groups in total. The van der Waals surface area contributed by atoms with Crippen molar-refractivity contribution in [3.05, 3.63) is 54.1 Å². The number of nitrogens with one attached hydrogen (secondary N) is 1. The second kappa shape index (κ2) is 7.33. The van der Waals surface area contributed by atoms with Crippen LogP contribution in [-0.2, 0) is 4.79 Å². The van der Waals surface area contributed by atoms with Gasteiger partial charge in [-0.25, -0.2) is 0 Å². The molecule has 0 atom stereocenters. The Morgan fingerprint density at radius 1 is 1.05 bits per heavy atom. The molecule has 21 heavy (non-hydrogen) atoms. The van der Waals surface area contributed by atoms with E-state index in [0.717, 1.165) is 17.0 Å². The van der Waals surface area contributed by atoms with E-state index < -0.39 is 0 Å². The third-order valence-corrected chi connectivity index (χ3v) is 2.86. The molecule has 2 aromatic carbocycles. The zero-order valence-electron chi connectivity index (χ0n) is 12.3. The smallest absolute Gasteiger partial charge is 0.221 e. The summed E-state index contributed by atoms with van der Waals surface area (Å²) in [5.41, 5.74) is 1.82. The van der Waals surface area contributed by atoms with E-state index in [0.29, 0.717) is 19.0 Å². The van der Waals surface area contributed by atoms with Crippen molar-refractivity contribution in [3.63, 3.8) is 0 Å². The van der Waals surface area contributed by atoms with Gasteiger partial charge in [0.15, 0.2) is 0 Å². The van der Waals surface area contributed by atoms with Gasteiger partial charge in [0, 0.05) is 18.7 Å². The van der Waals surface area contributed by atoms with Gasteiger partial charge in [0.2, 0.25) is 5.91 Å². The summed E-state index contributed by atoms with van der Waals surface area (Å²) in [7, 11) is 0. The minimum atomic E-state index is -0.102. The van der Waals surface area contributed by atoms with Crippen LogP contribution >= 0.6 is 0 Å². The van der Waals surface area contributed by atoms with Crippen molar-refractivity contribution in [2.45, 2.75) is 13.8 Å². The SMILES string of the molecule is CC(=O)Nc1cccc(OCCOc2ccccc2C)c1. The largest absolute Gasteiger partial charge is 0.490 e. The van der Waals surface area contributed by atoms with Crippen LogP contribution in [0.3, 0.4) is 0 Å². The van der Waals surface area contributed by atoms with Crippen LogP contribution in [0.5, 0.6) is 11.5 Å². The summed E-state index contributed by atoms with van der Waals surface area (Å²) in [6, 6.07) is 15.2. The Morgan fingerprint density at radius 3 is 2.57 bits per heavy atom. The minimum absolute atomic E-state index is 0.102. The Labute approximate surface area is 124 Å². The average molecular weight is 285 g/mol. The Hall–Kier alpha value is -2.49. The van der Waals surface area contributed by atoms with Crippen LogP contribution in [0, 0.1) is 6.92 Å². The van der Waals surface area contributed by atoms with Gasteiger partial charge in [0.1, 0.15) is 24.7 Å². The highest BCUT2D eigenvalue weighted by atomic mass is 16.5. The zero-order valence-corrected chi connectivity index (χ0v) is 12.3. The summed E-state index contributed by atoms with van der Waals surface area (Å²) in [5.74, 6) is 1.47. The maximum atomic E-state index is 11.0. The van der Waals surface area contributed by atoms with Crippen molar-refractivity contribution in [2.24, 2.45) is 0 Å². The standard InChI is InChI=1S/C17H19NO3/c1-13-6-3-4-9-17(13)21-11-10-20-16-8-5-7-15(12-16)18-14(2)19/h3-9,12H,10-11H2,1-2H3,(H,18,19). The molecule has 1 amide bonds. The molecule has 110 valence electrons. The lowest BCUT2D eigenvalue weighted by Crippen LogP contribution is -2.10. The first-order valence-electron chi connectivity index (χ1n) is 6.84. The number of amides is 1. The number of ether oxygens (including phenoxy) is 2. The van der Waals surface area contributed by atoms with Crippen molar-refractivity contribution >= 4 is 11.6 Å². The van der Waals surface area contributed by atoms with Crippen molar-refractivity contribution in [1.82, 2.24) is 0 Å². The lowest BCUT2D eigenvalue weighted by atomic mass is 10.2. The molecule has 0 unspecified atom stereocenters. The number of anilines is 1. The molecule has 0 aliphatic rings. The molecule has 0 aliphatic heterocycles. The second-order valence-electron chi connectivity index (χ2n) is 4.67. The predicted octanol–water partition coefficient (Wildman–Crippen LogP) is 3.41. The average Bonchev–Trinajstić information content (AvgIpc) is 2.45. The summed E-state index contributed by atoms with van der Waals surface area (Å²) in [6.45, 7) is 4.39. The van der Waals surface area contributed by atoms with Crippen molar-refractivity contribution < 1.29 is 14.3 Å². The summed E-state index contributed by atoms with van der Waals surface area (Å²) in [4.78, 5) is 11.0. The number of rotatable bonds is 6. The molecule has 0 aliphatic carbocycles. The summed E-state index contributed by atoms with van der Waals surface area (Å²) < 4.78 is 11.3. The fourth-order valence-corrected chi connectivity index (χ4v) is 1.90. The van der Waals surface area contributed by atoms with E-state index in [4.69, 9.17) is 9.47 Å². The maximum Gasteiger partial charge on any atom is 0.221 e. The Bertz CT molecular complexity index is 610. The molecule has 0 fully saturated rings. The van der Waals surface area contributed by atoms with E-state index in [1.54, 1.807) is 6.07 Å². The van der Waals surface area contributed by atoms with Crippen LogP contribution in [0.25, 0.3) is 0 Å². The molecule has 0 saturated carbocycles. The van der Waals surface area contributed by atoms with Crippen molar-refractivity contribution in [1.29, 1.82) is 0 Å². The topological polar surface area (TPSA) is 47.6 Å². The number of para-hydroxylation sites is 1. The normalized spacial score (nSPS) is 10.0. The number of hydrogen-bond donors (Lipinski definition) is 1. The van der Waals surface area contributed by atoms with Crippen LogP contribution < -0.4 is 14.8 Å². The molecule has 0 aromatic heterocycles. The molecule has 4 nitrogen and oxygen atoms in total. The maximum absolute atomic E-state index is 11.0. The van der Waals surface area contributed by atoms with Gasteiger partial charge in [-0.1, -0.05) is 24.3 Å². The molecule has 2 rings (SSSR count). The van der Waals surface area contributed by atoms with Crippen LogP contribution in [0.4, 0.5) is 5.69 Å². The second-order valence-corrected chi connectivity index (χ2v) is 4.67. The van der Waals surface area contributed by atoms with Crippen LogP contribution in [0.1, 0.15) is 12.5 Å². The van der Waals surface area contributed by atoms with Gasteiger partial charge < -0.3 is 14.8 Å². The molecular weight excluding hydrogens is 266 g/mol. The molecule has 0 spiro atoms. The van der Waals surface area contributed by atoms with E-state index in [1.165, 1.54) is 6.92 Å². The van der Waals surface area contributed by atoms with Gasteiger partial charge in [-0.3, -0.25) is 4.79 Å². The summed E-state index contributed by atoms with van der Waals surface area (Å²) >= 11 is 0. The lowest BCUT2D eigenvalue weighted by Gasteiger charge is -2.11. The molecule has 0 heterocycles. The fraction of sp³-hybridized carbons (Fsp3) is 0.235. The number of carbonyl (C=O) groups excluding carboxylic acids is 1. The molecule has 0 bridgehead atoms. The molecular formula is C17H19NO3. The predicted molar refractivity (Wildman–Crippen MR) is 82.9 cm³/mol. The third-order valence-electron chi connectivity index (χ3n) is 2.86. The minimum Gasteiger partial charge on any atom is -0.490 e. The van der Waals surface area contributed by atoms with Gasteiger partial charge in [-0.2, -0.15) is 0 Å². The van der Waals surface area contributed by atoms with E-state index in [1.807, 2.05) is 49.4 Å². The number of benzene rings is 2. The Balaban J connectivity index is 1.81. The monoisotopic (exact) mass is 285 g/mol. The molecule has 2 aromatic rings. The van der Waals surface area contributed by atoms with Gasteiger partial charge in [-0.15, -0.1) is 0 Å². The highest BCUT2D eigenvalue weighted by Gasteiger charge is 2.00. The molecule has 0 radical (unpaired) electrons. The van der Waals surface area contributed by atoms with E-state index in [9.17, 15) is 4.79 Å². The van der Waals surface area contributed by atoms with E-state index in [-0.39, 0.29) is 5.91 Å². The first-order valence-corrected chi connectivity index (χ1v) is 6.84. The zero-order chi connectivity index (χ0) is 15.1. The molecule has 0 saturated heterocycles. The van der Waals surface area contributed by atoms with Crippen molar-refractivity contribution in [2.75, 3.05) is 18.5 Å². The van der Waals surface area contributed by atoms with Gasteiger partial charge in [0.25, 0.3) is 0 Å². The van der Waals surface area contributed by atoms with Crippen LogP contribution in [0.15, 0.2) is 48.5 Å². The quantitative estimate of drug-likeness (QED) is 0.827.